The molecule has 6 heteroatoms. The molecule has 0 atom stereocenters. The molecule has 3 N–H and O–H groups in total. The van der Waals surface area contributed by atoms with Crippen molar-refractivity contribution in [2.75, 3.05) is 20.6 Å². The molecule has 18 heavy (non-hydrogen) atoms. The van der Waals surface area contributed by atoms with Gasteiger partial charge in [0.1, 0.15) is 5.82 Å². The minimum absolute atomic E-state index is 0.0934. The van der Waals surface area contributed by atoms with E-state index in [9.17, 15) is 14.0 Å². The number of halogens is 1. The molecule has 0 aromatic heterocycles. The van der Waals surface area contributed by atoms with E-state index in [2.05, 4.69) is 5.32 Å². The fraction of sp³-hybridized carbons (Fsp3) is 0.333. The highest BCUT2D eigenvalue weighted by atomic mass is 19.1. The number of nitrogens with two attached hydrogens (primary N) is 1. The summed E-state index contributed by atoms with van der Waals surface area (Å²) in [7, 11) is 3.29. The summed E-state index contributed by atoms with van der Waals surface area (Å²) in [6.07, 6.45) is 0. The summed E-state index contributed by atoms with van der Waals surface area (Å²) in [5, 5.41) is 2.82. The predicted octanol–water partition coefficient (Wildman–Crippen LogP) is 0.102. The van der Waals surface area contributed by atoms with Gasteiger partial charge in [0.15, 0.2) is 0 Å². The summed E-state index contributed by atoms with van der Waals surface area (Å²) in [6, 6.07) is 4.02. The average molecular weight is 253 g/mol. The Morgan fingerprint density at radius 2 is 2.06 bits per heavy atom. The van der Waals surface area contributed by atoms with Gasteiger partial charge in [0.2, 0.25) is 11.8 Å². The van der Waals surface area contributed by atoms with Gasteiger partial charge in [-0.2, -0.15) is 0 Å². The molecule has 0 aliphatic carbocycles. The Kier molecular flexibility index (Phi) is 4.79. The molecule has 0 unspecified atom stereocenters. The number of nitrogens with one attached hydrogen (secondary N) is 1. The lowest BCUT2D eigenvalue weighted by molar-refractivity contribution is -0.127. The van der Waals surface area contributed by atoms with Crippen LogP contribution in [0.1, 0.15) is 15.9 Å². The molecule has 0 aliphatic heterocycles. The minimum Gasteiger partial charge on any atom is -0.366 e. The van der Waals surface area contributed by atoms with Crippen LogP contribution in [0.5, 0.6) is 0 Å². The van der Waals surface area contributed by atoms with Crippen molar-refractivity contribution in [1.29, 1.82) is 0 Å². The molecule has 2 amide bonds. The molecule has 0 heterocycles. The quantitative estimate of drug-likeness (QED) is 0.781. The van der Waals surface area contributed by atoms with E-state index in [1.54, 1.807) is 14.1 Å². The highest BCUT2D eigenvalue weighted by Gasteiger charge is 2.08. The number of rotatable bonds is 5. The van der Waals surface area contributed by atoms with E-state index in [0.29, 0.717) is 5.56 Å². The van der Waals surface area contributed by atoms with Crippen molar-refractivity contribution in [3.63, 3.8) is 0 Å². The largest absolute Gasteiger partial charge is 0.366 e. The third kappa shape index (κ3) is 3.81. The number of carbonyl (C=O) groups excluding carboxylic acids is 2. The lowest BCUT2D eigenvalue weighted by Gasteiger charge is -2.11. The van der Waals surface area contributed by atoms with E-state index in [-0.39, 0.29) is 24.6 Å². The van der Waals surface area contributed by atoms with E-state index in [1.165, 1.54) is 17.0 Å². The summed E-state index contributed by atoms with van der Waals surface area (Å²) in [4.78, 5) is 23.5. The summed E-state index contributed by atoms with van der Waals surface area (Å²) >= 11 is 0. The molecule has 1 aromatic carbocycles. The van der Waals surface area contributed by atoms with Gasteiger partial charge >= 0.3 is 0 Å². The standard InChI is InChI=1S/C12H16FN3O2/c1-16(2)11(17)7-15-6-9-4-3-8(12(14)18)5-10(9)13/h3-5,15H,6-7H2,1-2H3,(H2,14,18). The Balaban J connectivity index is 2.58. The minimum atomic E-state index is -0.670. The van der Waals surface area contributed by atoms with Gasteiger partial charge in [-0.3, -0.25) is 9.59 Å². The first-order valence-electron chi connectivity index (χ1n) is 5.41. The monoisotopic (exact) mass is 253 g/mol. The van der Waals surface area contributed by atoms with Crippen LogP contribution in [0.25, 0.3) is 0 Å². The van der Waals surface area contributed by atoms with Crippen molar-refractivity contribution in [2.24, 2.45) is 5.73 Å². The van der Waals surface area contributed by atoms with Gasteiger partial charge in [-0.05, 0) is 12.1 Å². The summed E-state index contributed by atoms with van der Waals surface area (Å²) in [5.41, 5.74) is 5.54. The van der Waals surface area contributed by atoms with Crippen LogP contribution in [-0.4, -0.2) is 37.4 Å². The van der Waals surface area contributed by atoms with Gasteiger partial charge in [0.05, 0.1) is 6.54 Å². The molecule has 0 radical (unpaired) electrons. The number of amides is 2. The van der Waals surface area contributed by atoms with Crippen LogP contribution in [-0.2, 0) is 11.3 Å². The van der Waals surface area contributed by atoms with Crippen LogP contribution < -0.4 is 11.1 Å². The van der Waals surface area contributed by atoms with Crippen molar-refractivity contribution in [1.82, 2.24) is 10.2 Å². The van der Waals surface area contributed by atoms with E-state index >= 15 is 0 Å². The molecule has 1 aromatic rings. The molecule has 0 fully saturated rings. The second-order valence-electron chi connectivity index (χ2n) is 4.06. The van der Waals surface area contributed by atoms with E-state index in [1.807, 2.05) is 0 Å². The van der Waals surface area contributed by atoms with Crippen LogP contribution in [0.4, 0.5) is 4.39 Å². The maximum atomic E-state index is 13.6. The molecular weight excluding hydrogens is 237 g/mol. The van der Waals surface area contributed by atoms with Crippen molar-refractivity contribution in [3.05, 3.63) is 35.1 Å². The number of hydrogen-bond acceptors (Lipinski definition) is 3. The number of carbonyl (C=O) groups is 2. The van der Waals surface area contributed by atoms with E-state index < -0.39 is 11.7 Å². The first kappa shape index (κ1) is 14.1. The lowest BCUT2D eigenvalue weighted by atomic mass is 10.1. The maximum absolute atomic E-state index is 13.6. The molecule has 5 nitrogen and oxygen atoms in total. The van der Waals surface area contributed by atoms with Crippen molar-refractivity contribution in [3.8, 4) is 0 Å². The maximum Gasteiger partial charge on any atom is 0.248 e. The van der Waals surface area contributed by atoms with Crippen molar-refractivity contribution in [2.45, 2.75) is 6.54 Å². The Morgan fingerprint density at radius 3 is 2.56 bits per heavy atom. The van der Waals surface area contributed by atoms with E-state index in [4.69, 9.17) is 5.73 Å². The molecular formula is C12H16FN3O2. The van der Waals surface area contributed by atoms with Gasteiger partial charge in [-0.15, -0.1) is 0 Å². The van der Waals surface area contributed by atoms with Crippen LogP contribution in [0.15, 0.2) is 18.2 Å². The molecule has 1 rings (SSSR count). The van der Waals surface area contributed by atoms with Crippen LogP contribution >= 0.6 is 0 Å². The second kappa shape index (κ2) is 6.11. The van der Waals surface area contributed by atoms with Crippen LogP contribution in [0, 0.1) is 5.82 Å². The smallest absolute Gasteiger partial charge is 0.248 e. The Morgan fingerprint density at radius 1 is 1.39 bits per heavy atom. The van der Waals surface area contributed by atoms with Gasteiger partial charge in [-0.1, -0.05) is 6.07 Å². The summed E-state index contributed by atoms with van der Waals surface area (Å²) in [5.74, 6) is -1.28. The molecule has 0 spiro atoms. The fourth-order valence-electron chi connectivity index (χ4n) is 1.31. The fourth-order valence-corrected chi connectivity index (χ4v) is 1.31. The normalized spacial score (nSPS) is 10.2. The number of primary amides is 1. The van der Waals surface area contributed by atoms with Gasteiger partial charge < -0.3 is 16.0 Å². The number of benzene rings is 1. The molecule has 0 bridgehead atoms. The first-order chi connectivity index (χ1) is 8.41. The number of nitrogens with zero attached hydrogens (tertiary/aromatic N) is 1. The Bertz CT molecular complexity index is 461. The zero-order valence-corrected chi connectivity index (χ0v) is 10.4. The topological polar surface area (TPSA) is 75.4 Å². The van der Waals surface area contributed by atoms with Crippen molar-refractivity contribution >= 4 is 11.8 Å². The van der Waals surface area contributed by atoms with Crippen molar-refractivity contribution < 1.29 is 14.0 Å². The first-order valence-corrected chi connectivity index (χ1v) is 5.41. The van der Waals surface area contributed by atoms with Crippen LogP contribution in [0.2, 0.25) is 0 Å². The van der Waals surface area contributed by atoms with Crippen LogP contribution in [0.3, 0.4) is 0 Å². The third-order valence-electron chi connectivity index (χ3n) is 2.43. The predicted molar refractivity (Wildman–Crippen MR) is 65.3 cm³/mol. The molecule has 98 valence electrons. The second-order valence-corrected chi connectivity index (χ2v) is 4.06. The molecule has 0 aliphatic rings. The molecule has 0 saturated carbocycles. The van der Waals surface area contributed by atoms with E-state index in [0.717, 1.165) is 6.07 Å². The Hall–Kier alpha value is -1.95. The van der Waals surface area contributed by atoms with Gasteiger partial charge in [-0.25, -0.2) is 4.39 Å². The van der Waals surface area contributed by atoms with Gasteiger partial charge in [0, 0.05) is 31.8 Å². The zero-order valence-electron chi connectivity index (χ0n) is 10.4. The van der Waals surface area contributed by atoms with Gasteiger partial charge in [0.25, 0.3) is 0 Å². The third-order valence-corrected chi connectivity index (χ3v) is 2.43. The highest BCUT2D eigenvalue weighted by molar-refractivity contribution is 5.92. The molecule has 0 saturated heterocycles. The summed E-state index contributed by atoms with van der Waals surface area (Å²) in [6.45, 7) is 0.342. The lowest BCUT2D eigenvalue weighted by Crippen LogP contribution is -2.32. The number of hydrogen-bond donors (Lipinski definition) is 2. The average Bonchev–Trinajstić information content (AvgIpc) is 2.30. The number of likely N-dealkylation sites (N-methyl/N-ethyl adjacent to an activating group) is 1. The Labute approximate surface area is 105 Å². The SMILES string of the molecule is CN(C)C(=O)CNCc1ccc(C(N)=O)cc1F. The summed E-state index contributed by atoms with van der Waals surface area (Å²) < 4.78 is 13.6. The zero-order chi connectivity index (χ0) is 13.7. The highest BCUT2D eigenvalue weighted by Crippen LogP contribution is 2.09.